The minimum atomic E-state index is -3.15. The molecule has 1 N–H and O–H groups in total. The smallest absolute Gasteiger partial charge is 0.232 e. The molecule has 1 aromatic rings. The average molecular weight is 308 g/mol. The number of benzene rings is 1. The van der Waals surface area contributed by atoms with Crippen LogP contribution in [0.15, 0.2) is 18.2 Å². The number of hydrogen-bond donors (Lipinski definition) is 1. The second-order valence-electron chi connectivity index (χ2n) is 6.30. The third-order valence-corrected chi connectivity index (χ3v) is 5.78. The number of nitrogens with zero attached hydrogens (tertiary/aromatic N) is 1. The topological polar surface area (TPSA) is 49.4 Å². The van der Waals surface area contributed by atoms with Gasteiger partial charge < -0.3 is 5.32 Å². The molecular formula is C16H24N2O2S. The van der Waals surface area contributed by atoms with E-state index < -0.39 is 10.0 Å². The average Bonchev–Trinajstić information content (AvgIpc) is 2.46. The summed E-state index contributed by atoms with van der Waals surface area (Å²) in [6.45, 7) is 2.86. The van der Waals surface area contributed by atoms with Crippen LogP contribution >= 0.6 is 0 Å². The quantitative estimate of drug-likeness (QED) is 0.928. The van der Waals surface area contributed by atoms with E-state index in [-0.39, 0.29) is 0 Å². The summed E-state index contributed by atoms with van der Waals surface area (Å²) in [5.74, 6) is 0.763. The Balaban J connectivity index is 1.81. The molecule has 0 unspecified atom stereocenters. The van der Waals surface area contributed by atoms with E-state index in [4.69, 9.17) is 0 Å². The van der Waals surface area contributed by atoms with Gasteiger partial charge in [0, 0.05) is 6.54 Å². The molecule has 3 rings (SSSR count). The van der Waals surface area contributed by atoms with Gasteiger partial charge in [-0.2, -0.15) is 0 Å². The van der Waals surface area contributed by atoms with Crippen LogP contribution in [0.4, 0.5) is 5.69 Å². The molecule has 0 spiro atoms. The van der Waals surface area contributed by atoms with Crippen LogP contribution in [0.5, 0.6) is 0 Å². The second kappa shape index (κ2) is 5.97. The van der Waals surface area contributed by atoms with E-state index in [1.54, 1.807) is 4.31 Å². The first-order chi connectivity index (χ1) is 10.0. The molecule has 0 saturated carbocycles. The van der Waals surface area contributed by atoms with E-state index >= 15 is 0 Å². The SMILES string of the molecule is CS(=O)(=O)N1CCCc2cc(CC3CCNCC3)ccc21. The van der Waals surface area contributed by atoms with E-state index in [1.165, 1.54) is 30.2 Å². The summed E-state index contributed by atoms with van der Waals surface area (Å²) in [4.78, 5) is 0. The summed E-state index contributed by atoms with van der Waals surface area (Å²) in [6.07, 6.45) is 6.80. The Morgan fingerprint density at radius 2 is 2.05 bits per heavy atom. The van der Waals surface area contributed by atoms with Crippen molar-refractivity contribution in [1.82, 2.24) is 5.32 Å². The zero-order valence-electron chi connectivity index (χ0n) is 12.6. The van der Waals surface area contributed by atoms with Gasteiger partial charge in [-0.15, -0.1) is 0 Å². The monoisotopic (exact) mass is 308 g/mol. The molecule has 0 atom stereocenters. The summed E-state index contributed by atoms with van der Waals surface area (Å²) < 4.78 is 25.3. The zero-order chi connectivity index (χ0) is 14.9. The standard InChI is InChI=1S/C16H24N2O2S/c1-21(19,20)18-10-2-3-15-12-14(4-5-16(15)18)11-13-6-8-17-9-7-13/h4-5,12-13,17H,2-3,6-11H2,1H3. The van der Waals surface area contributed by atoms with Gasteiger partial charge in [-0.3, -0.25) is 4.31 Å². The maximum Gasteiger partial charge on any atom is 0.232 e. The summed E-state index contributed by atoms with van der Waals surface area (Å²) in [7, 11) is -3.15. The van der Waals surface area contributed by atoms with Crippen molar-refractivity contribution in [2.75, 3.05) is 30.2 Å². The van der Waals surface area contributed by atoms with Crippen LogP contribution < -0.4 is 9.62 Å². The molecule has 2 heterocycles. The van der Waals surface area contributed by atoms with Crippen LogP contribution in [0.3, 0.4) is 0 Å². The summed E-state index contributed by atoms with van der Waals surface area (Å²) in [5.41, 5.74) is 3.44. The normalized spacial score (nSPS) is 20.3. The molecule has 2 aliphatic rings. The van der Waals surface area contributed by atoms with Crippen LogP contribution in [-0.4, -0.2) is 34.3 Å². The fourth-order valence-corrected chi connectivity index (χ4v) is 4.50. The molecule has 0 aliphatic carbocycles. The Hall–Kier alpha value is -1.07. The third-order valence-electron chi connectivity index (χ3n) is 4.60. The fourth-order valence-electron chi connectivity index (χ4n) is 3.51. The van der Waals surface area contributed by atoms with E-state index in [1.807, 2.05) is 6.07 Å². The number of aryl methyl sites for hydroxylation is 1. The van der Waals surface area contributed by atoms with Crippen LogP contribution in [0.25, 0.3) is 0 Å². The lowest BCUT2D eigenvalue weighted by atomic mass is 9.89. The number of piperidine rings is 1. The van der Waals surface area contributed by atoms with Gasteiger partial charge in [0.1, 0.15) is 0 Å². The van der Waals surface area contributed by atoms with Gasteiger partial charge >= 0.3 is 0 Å². The van der Waals surface area contributed by atoms with Crippen molar-refractivity contribution < 1.29 is 8.42 Å². The Bertz CT molecular complexity index is 607. The van der Waals surface area contributed by atoms with E-state index in [2.05, 4.69) is 17.4 Å². The van der Waals surface area contributed by atoms with Crippen LogP contribution in [0.1, 0.15) is 30.4 Å². The van der Waals surface area contributed by atoms with Crippen molar-refractivity contribution in [2.45, 2.75) is 32.1 Å². The van der Waals surface area contributed by atoms with Crippen molar-refractivity contribution in [2.24, 2.45) is 5.92 Å². The second-order valence-corrected chi connectivity index (χ2v) is 8.21. The van der Waals surface area contributed by atoms with Crippen molar-refractivity contribution in [3.8, 4) is 0 Å². The highest BCUT2D eigenvalue weighted by atomic mass is 32.2. The Morgan fingerprint density at radius 3 is 2.76 bits per heavy atom. The minimum absolute atomic E-state index is 0.611. The van der Waals surface area contributed by atoms with Gasteiger partial charge in [-0.05, 0) is 68.3 Å². The van der Waals surface area contributed by atoms with E-state index in [0.29, 0.717) is 6.54 Å². The molecule has 1 aromatic carbocycles. The van der Waals surface area contributed by atoms with E-state index in [9.17, 15) is 8.42 Å². The lowest BCUT2D eigenvalue weighted by molar-refractivity contribution is 0.372. The highest BCUT2D eigenvalue weighted by molar-refractivity contribution is 7.92. The van der Waals surface area contributed by atoms with Crippen molar-refractivity contribution in [3.05, 3.63) is 29.3 Å². The number of anilines is 1. The van der Waals surface area contributed by atoms with Crippen molar-refractivity contribution in [3.63, 3.8) is 0 Å². The summed E-state index contributed by atoms with van der Waals surface area (Å²) >= 11 is 0. The highest BCUT2D eigenvalue weighted by Gasteiger charge is 2.24. The minimum Gasteiger partial charge on any atom is -0.317 e. The molecule has 4 nitrogen and oxygen atoms in total. The molecule has 1 fully saturated rings. The lowest BCUT2D eigenvalue weighted by Gasteiger charge is -2.30. The number of hydrogen-bond acceptors (Lipinski definition) is 3. The van der Waals surface area contributed by atoms with Crippen LogP contribution in [-0.2, 0) is 22.9 Å². The first-order valence-corrected chi connectivity index (χ1v) is 9.69. The van der Waals surface area contributed by atoms with Crippen molar-refractivity contribution in [1.29, 1.82) is 0 Å². The molecule has 21 heavy (non-hydrogen) atoms. The molecule has 0 aromatic heterocycles. The molecule has 2 aliphatic heterocycles. The summed E-state index contributed by atoms with van der Waals surface area (Å²) in [6, 6.07) is 6.35. The molecule has 1 saturated heterocycles. The van der Waals surface area contributed by atoms with Crippen molar-refractivity contribution >= 4 is 15.7 Å². The van der Waals surface area contributed by atoms with Gasteiger partial charge in [0.15, 0.2) is 0 Å². The predicted molar refractivity (Wildman–Crippen MR) is 86.3 cm³/mol. The number of nitrogens with one attached hydrogen (secondary N) is 1. The van der Waals surface area contributed by atoms with Gasteiger partial charge in [-0.1, -0.05) is 12.1 Å². The third kappa shape index (κ3) is 3.40. The molecule has 0 bridgehead atoms. The first kappa shape index (κ1) is 14.9. The zero-order valence-corrected chi connectivity index (χ0v) is 13.5. The van der Waals surface area contributed by atoms with Crippen LogP contribution in [0.2, 0.25) is 0 Å². The maximum atomic E-state index is 11.9. The Morgan fingerprint density at radius 1 is 1.29 bits per heavy atom. The van der Waals surface area contributed by atoms with Gasteiger partial charge in [0.05, 0.1) is 11.9 Å². The Kier molecular flexibility index (Phi) is 4.22. The summed E-state index contributed by atoms with van der Waals surface area (Å²) in [5, 5.41) is 3.40. The van der Waals surface area contributed by atoms with Gasteiger partial charge in [-0.25, -0.2) is 8.42 Å². The molecule has 0 radical (unpaired) electrons. The number of rotatable bonds is 3. The van der Waals surface area contributed by atoms with E-state index in [0.717, 1.165) is 44.0 Å². The number of fused-ring (bicyclic) bond motifs is 1. The Labute approximate surface area is 127 Å². The van der Waals surface area contributed by atoms with Gasteiger partial charge in [0.2, 0.25) is 10.0 Å². The lowest BCUT2D eigenvalue weighted by Crippen LogP contribution is -2.34. The predicted octanol–water partition coefficient (Wildman–Crippen LogP) is 1.94. The molecule has 116 valence electrons. The highest BCUT2D eigenvalue weighted by Crippen LogP contribution is 2.31. The van der Waals surface area contributed by atoms with Gasteiger partial charge in [0.25, 0.3) is 0 Å². The first-order valence-electron chi connectivity index (χ1n) is 7.84. The maximum absolute atomic E-state index is 11.9. The molecule has 5 heteroatoms. The number of sulfonamides is 1. The molecule has 0 amide bonds. The van der Waals surface area contributed by atoms with Crippen LogP contribution in [0, 0.1) is 5.92 Å². The largest absolute Gasteiger partial charge is 0.317 e. The fraction of sp³-hybridized carbons (Fsp3) is 0.625. The molecular weight excluding hydrogens is 284 g/mol.